The minimum Gasteiger partial charge on any atom is -0.365 e. The van der Waals surface area contributed by atoms with Gasteiger partial charge in [0.05, 0.1) is 6.54 Å². The number of rotatable bonds is 3. The van der Waals surface area contributed by atoms with Crippen molar-refractivity contribution in [2.24, 2.45) is 0 Å². The first-order valence-corrected chi connectivity index (χ1v) is 6.09. The zero-order valence-electron chi connectivity index (χ0n) is 9.72. The van der Waals surface area contributed by atoms with Gasteiger partial charge < -0.3 is 5.32 Å². The van der Waals surface area contributed by atoms with Gasteiger partial charge in [0, 0.05) is 12.1 Å². The molecule has 0 amide bonds. The molecule has 2 rings (SSSR count). The maximum atomic E-state index is 6.08. The first kappa shape index (κ1) is 12.8. The van der Waals surface area contributed by atoms with Crippen LogP contribution < -0.4 is 10.6 Å². The van der Waals surface area contributed by atoms with Gasteiger partial charge in [0.1, 0.15) is 6.33 Å². The van der Waals surface area contributed by atoms with Crippen molar-refractivity contribution in [3.63, 3.8) is 0 Å². The highest BCUT2D eigenvalue weighted by molar-refractivity contribution is 7.80. The van der Waals surface area contributed by atoms with E-state index in [4.69, 9.17) is 23.8 Å². The van der Waals surface area contributed by atoms with E-state index in [1.165, 1.54) is 0 Å². The third kappa shape index (κ3) is 3.18. The minimum absolute atomic E-state index is 0.460. The highest BCUT2D eigenvalue weighted by Crippen LogP contribution is 2.15. The lowest BCUT2D eigenvalue weighted by atomic mass is 10.2. The first-order chi connectivity index (χ1) is 8.69. The molecule has 0 saturated heterocycles. The van der Waals surface area contributed by atoms with Crippen LogP contribution in [-0.4, -0.2) is 26.9 Å². The number of halogens is 1. The Morgan fingerprint density at radius 1 is 1.44 bits per heavy atom. The summed E-state index contributed by atoms with van der Waals surface area (Å²) < 4.78 is 1.70. The van der Waals surface area contributed by atoms with E-state index in [2.05, 4.69) is 20.7 Å². The topological polar surface area (TPSA) is 54.8 Å². The molecule has 7 heteroatoms. The Balaban J connectivity index is 2.07. The van der Waals surface area contributed by atoms with Crippen LogP contribution in [0.2, 0.25) is 5.02 Å². The van der Waals surface area contributed by atoms with Crippen molar-refractivity contribution in [2.75, 3.05) is 12.4 Å². The fourth-order valence-corrected chi connectivity index (χ4v) is 1.68. The van der Waals surface area contributed by atoms with Crippen molar-refractivity contribution in [1.29, 1.82) is 0 Å². The lowest BCUT2D eigenvalue weighted by Crippen LogP contribution is -2.24. The molecule has 2 aromatic rings. The van der Waals surface area contributed by atoms with Crippen molar-refractivity contribution < 1.29 is 0 Å². The molecule has 1 heterocycles. The van der Waals surface area contributed by atoms with Crippen LogP contribution in [0, 0.1) is 0 Å². The molecule has 0 bridgehead atoms. The largest absolute Gasteiger partial charge is 0.365 e. The van der Waals surface area contributed by atoms with Crippen molar-refractivity contribution in [3.8, 4) is 0 Å². The Labute approximate surface area is 115 Å². The maximum absolute atomic E-state index is 6.08. The average molecular weight is 282 g/mol. The van der Waals surface area contributed by atoms with Crippen LogP contribution in [0.25, 0.3) is 0 Å². The molecule has 0 aliphatic heterocycles. The molecular weight excluding hydrogens is 270 g/mol. The predicted octanol–water partition coefficient (Wildman–Crippen LogP) is 1.90. The Morgan fingerprint density at radius 3 is 2.94 bits per heavy atom. The zero-order valence-corrected chi connectivity index (χ0v) is 11.3. The Morgan fingerprint density at radius 2 is 2.22 bits per heavy atom. The quantitative estimate of drug-likeness (QED) is 0.842. The van der Waals surface area contributed by atoms with E-state index >= 15 is 0 Å². The van der Waals surface area contributed by atoms with Gasteiger partial charge in [-0.2, -0.15) is 0 Å². The van der Waals surface area contributed by atoms with Crippen LogP contribution >= 0.6 is 23.8 Å². The lowest BCUT2D eigenvalue weighted by molar-refractivity contribution is 0.687. The second-order valence-electron chi connectivity index (χ2n) is 3.56. The molecule has 5 nitrogen and oxygen atoms in total. The lowest BCUT2D eigenvalue weighted by Gasteiger charge is -2.03. The fraction of sp³-hybridized carbons (Fsp3) is 0.182. The van der Waals surface area contributed by atoms with Crippen LogP contribution in [0.3, 0.4) is 0 Å². The van der Waals surface area contributed by atoms with Crippen LogP contribution in [0.1, 0.15) is 5.56 Å². The summed E-state index contributed by atoms with van der Waals surface area (Å²) in [4.78, 5) is 4.10. The second kappa shape index (κ2) is 5.79. The number of hydrogen-bond acceptors (Lipinski definition) is 3. The highest BCUT2D eigenvalue weighted by Gasteiger charge is 2.04. The van der Waals surface area contributed by atoms with Crippen LogP contribution in [0.15, 0.2) is 30.6 Å². The summed E-state index contributed by atoms with van der Waals surface area (Å²) >= 11 is 11.0. The van der Waals surface area contributed by atoms with Gasteiger partial charge in [-0.05, 0) is 23.8 Å². The summed E-state index contributed by atoms with van der Waals surface area (Å²) in [6, 6.07) is 7.64. The van der Waals surface area contributed by atoms with Crippen molar-refractivity contribution in [2.45, 2.75) is 6.54 Å². The van der Waals surface area contributed by atoms with Gasteiger partial charge in [-0.25, -0.2) is 9.67 Å². The molecule has 94 valence electrons. The molecule has 0 spiro atoms. The van der Waals surface area contributed by atoms with Crippen molar-refractivity contribution >= 4 is 34.9 Å². The normalized spacial score (nSPS) is 10.1. The molecule has 0 fully saturated rings. The number of benzene rings is 1. The van der Waals surface area contributed by atoms with Gasteiger partial charge in [0.25, 0.3) is 0 Å². The average Bonchev–Trinajstić information content (AvgIpc) is 2.79. The number of anilines is 1. The van der Waals surface area contributed by atoms with Gasteiger partial charge in [-0.3, -0.25) is 5.32 Å². The third-order valence-corrected chi connectivity index (χ3v) is 2.95. The minimum atomic E-state index is 0.460. The van der Waals surface area contributed by atoms with E-state index in [0.717, 1.165) is 5.56 Å². The number of hydrogen-bond donors (Lipinski definition) is 2. The molecule has 0 radical (unpaired) electrons. The van der Waals surface area contributed by atoms with Gasteiger partial charge in [-0.15, -0.1) is 5.10 Å². The van der Waals surface area contributed by atoms with Crippen molar-refractivity contribution in [3.05, 3.63) is 41.2 Å². The van der Waals surface area contributed by atoms with Crippen LogP contribution in [0.5, 0.6) is 0 Å². The summed E-state index contributed by atoms with van der Waals surface area (Å²) in [5.41, 5.74) is 0.992. The second-order valence-corrected chi connectivity index (χ2v) is 4.38. The fourth-order valence-electron chi connectivity index (χ4n) is 1.39. The van der Waals surface area contributed by atoms with E-state index in [9.17, 15) is 0 Å². The Kier molecular flexibility index (Phi) is 4.11. The molecular formula is C11H12ClN5S. The maximum Gasteiger partial charge on any atom is 0.248 e. The van der Waals surface area contributed by atoms with E-state index in [1.54, 1.807) is 18.1 Å². The number of nitrogens with zero attached hydrogens (tertiary/aromatic N) is 3. The summed E-state index contributed by atoms with van der Waals surface area (Å²) in [5.74, 6) is 0.460. The van der Waals surface area contributed by atoms with Crippen molar-refractivity contribution in [1.82, 2.24) is 20.1 Å². The highest BCUT2D eigenvalue weighted by atomic mass is 35.5. The SMILES string of the molecule is CNC(=S)Nc1ncn(Cc2ccccc2Cl)n1. The first-order valence-electron chi connectivity index (χ1n) is 5.30. The van der Waals surface area contributed by atoms with Gasteiger partial charge in [0.2, 0.25) is 5.95 Å². The molecule has 1 aromatic heterocycles. The third-order valence-electron chi connectivity index (χ3n) is 2.28. The number of thiocarbonyl (C=S) groups is 1. The van der Waals surface area contributed by atoms with E-state index in [0.29, 0.717) is 22.6 Å². The van der Waals surface area contributed by atoms with Gasteiger partial charge in [-0.1, -0.05) is 29.8 Å². The molecule has 0 aliphatic carbocycles. The number of nitrogens with one attached hydrogen (secondary N) is 2. The van der Waals surface area contributed by atoms with E-state index < -0.39 is 0 Å². The monoisotopic (exact) mass is 281 g/mol. The summed E-state index contributed by atoms with van der Waals surface area (Å²) in [6.45, 7) is 0.570. The molecule has 0 unspecified atom stereocenters. The predicted molar refractivity (Wildman–Crippen MR) is 75.9 cm³/mol. The molecule has 1 aromatic carbocycles. The molecule has 18 heavy (non-hydrogen) atoms. The summed E-state index contributed by atoms with van der Waals surface area (Å²) in [5, 5.41) is 11.1. The molecule has 0 aliphatic rings. The smallest absolute Gasteiger partial charge is 0.248 e. The van der Waals surface area contributed by atoms with Gasteiger partial charge >= 0.3 is 0 Å². The summed E-state index contributed by atoms with van der Waals surface area (Å²) in [6.07, 6.45) is 1.63. The van der Waals surface area contributed by atoms with E-state index in [1.807, 2.05) is 24.3 Å². The van der Waals surface area contributed by atoms with E-state index in [-0.39, 0.29) is 0 Å². The zero-order chi connectivity index (χ0) is 13.0. The molecule has 0 saturated carbocycles. The van der Waals surface area contributed by atoms with Crippen LogP contribution in [0.4, 0.5) is 5.95 Å². The van der Waals surface area contributed by atoms with Crippen LogP contribution in [-0.2, 0) is 6.54 Å². The molecule has 0 atom stereocenters. The molecule has 2 N–H and O–H groups in total. The Bertz CT molecular complexity index is 554. The number of aromatic nitrogens is 3. The standard InChI is InChI=1S/C11H12ClN5S/c1-13-11(18)15-10-14-7-17(16-10)6-8-4-2-3-5-9(8)12/h2-5,7H,6H2,1H3,(H2,13,15,16,18). The Hall–Kier alpha value is -1.66. The summed E-state index contributed by atoms with van der Waals surface area (Å²) in [7, 11) is 1.73. The van der Waals surface area contributed by atoms with Gasteiger partial charge in [0.15, 0.2) is 5.11 Å².